The highest BCUT2D eigenvalue weighted by molar-refractivity contribution is 5.96. The molecule has 1 aliphatic rings. The molecule has 1 aromatic rings. The lowest BCUT2D eigenvalue weighted by Crippen LogP contribution is -2.47. The van der Waals surface area contributed by atoms with Gasteiger partial charge in [0.2, 0.25) is 5.91 Å². The van der Waals surface area contributed by atoms with E-state index in [1.165, 1.54) is 26.4 Å². The van der Waals surface area contributed by atoms with Crippen LogP contribution in [0.4, 0.5) is 10.1 Å². The number of anilines is 1. The minimum atomic E-state index is -0.653. The Labute approximate surface area is 147 Å². The van der Waals surface area contributed by atoms with Gasteiger partial charge in [0.1, 0.15) is 0 Å². The van der Waals surface area contributed by atoms with Gasteiger partial charge >= 0.3 is 0 Å². The molecule has 0 aliphatic carbocycles. The molecule has 1 saturated heterocycles. The fourth-order valence-corrected chi connectivity index (χ4v) is 2.82. The molecule has 8 heteroatoms. The van der Waals surface area contributed by atoms with Crippen molar-refractivity contribution in [3.63, 3.8) is 0 Å². The Morgan fingerprint density at radius 1 is 1.21 bits per heavy atom. The molecular weight excluding hydrogens is 339 g/mol. The predicted molar refractivity (Wildman–Crippen MR) is 91.8 cm³/mol. The summed E-state index contributed by atoms with van der Waals surface area (Å²) in [5, 5.41) is 5.89. The van der Waals surface area contributed by atoms with Gasteiger partial charge < -0.3 is 24.8 Å². The molecule has 0 bridgehead atoms. The zero-order valence-corrected chi connectivity index (χ0v) is 14.9. The second-order valence-electron chi connectivity index (χ2n) is 5.60. The van der Waals surface area contributed by atoms with E-state index in [1.54, 1.807) is 7.11 Å². The third-order valence-electron chi connectivity index (χ3n) is 4.18. The van der Waals surface area contributed by atoms with Crippen molar-refractivity contribution in [3.05, 3.63) is 17.9 Å². The van der Waals surface area contributed by atoms with Crippen LogP contribution < -0.4 is 20.1 Å². The highest BCUT2D eigenvalue weighted by Gasteiger charge is 2.40. The van der Waals surface area contributed by atoms with Gasteiger partial charge in [-0.05, 0) is 25.9 Å². The van der Waals surface area contributed by atoms with Crippen LogP contribution in [0.5, 0.6) is 11.5 Å². The Balaban J connectivity index is 0.00000288. The van der Waals surface area contributed by atoms with Crippen LogP contribution in [0.2, 0.25) is 0 Å². The summed E-state index contributed by atoms with van der Waals surface area (Å²) >= 11 is 0. The van der Waals surface area contributed by atoms with E-state index in [0.29, 0.717) is 25.2 Å². The van der Waals surface area contributed by atoms with E-state index in [4.69, 9.17) is 14.2 Å². The van der Waals surface area contributed by atoms with Crippen LogP contribution in [0.15, 0.2) is 12.1 Å². The number of hydrogen-bond donors (Lipinski definition) is 2. The Bertz CT molecular complexity index is 560. The lowest BCUT2D eigenvalue weighted by Gasteiger charge is -2.35. The first-order chi connectivity index (χ1) is 11.1. The standard InChI is InChI=1S/C16H23FN2O4.ClH/c1-21-10-16(4-6-18-7-5-16)15(20)19-12-9-14(23-3)13(22-2)8-11(12)17;/h8-9,18H,4-7,10H2,1-3H3,(H,19,20);1H. The van der Waals surface area contributed by atoms with Crippen LogP contribution in [-0.4, -0.2) is 46.9 Å². The van der Waals surface area contributed by atoms with Gasteiger partial charge in [0.05, 0.1) is 31.9 Å². The number of piperidine rings is 1. The molecule has 0 saturated carbocycles. The second kappa shape index (κ2) is 9.05. The Kier molecular flexibility index (Phi) is 7.72. The van der Waals surface area contributed by atoms with Gasteiger partial charge in [0.15, 0.2) is 17.3 Å². The zero-order valence-electron chi connectivity index (χ0n) is 14.1. The summed E-state index contributed by atoms with van der Waals surface area (Å²) in [7, 11) is 4.45. The van der Waals surface area contributed by atoms with Crippen molar-refractivity contribution in [2.24, 2.45) is 5.41 Å². The molecule has 1 aliphatic heterocycles. The third-order valence-corrected chi connectivity index (χ3v) is 4.18. The van der Waals surface area contributed by atoms with Gasteiger partial charge in [0, 0.05) is 19.2 Å². The average molecular weight is 363 g/mol. The lowest BCUT2D eigenvalue weighted by atomic mass is 9.78. The zero-order chi connectivity index (χ0) is 16.9. The molecule has 0 aromatic heterocycles. The summed E-state index contributed by atoms with van der Waals surface area (Å²) in [4.78, 5) is 12.7. The van der Waals surface area contributed by atoms with Crippen molar-refractivity contribution < 1.29 is 23.4 Å². The molecule has 0 atom stereocenters. The number of carbonyl (C=O) groups excluding carboxylic acids is 1. The minimum absolute atomic E-state index is 0. The lowest BCUT2D eigenvalue weighted by molar-refractivity contribution is -0.130. The maximum absolute atomic E-state index is 14.2. The first kappa shape index (κ1) is 20.5. The topological polar surface area (TPSA) is 68.8 Å². The number of nitrogens with one attached hydrogen (secondary N) is 2. The van der Waals surface area contributed by atoms with Crippen molar-refractivity contribution in [2.75, 3.05) is 46.3 Å². The number of halogens is 2. The van der Waals surface area contributed by atoms with E-state index in [9.17, 15) is 9.18 Å². The van der Waals surface area contributed by atoms with Gasteiger partial charge in [-0.15, -0.1) is 12.4 Å². The van der Waals surface area contributed by atoms with Crippen LogP contribution >= 0.6 is 12.4 Å². The van der Waals surface area contributed by atoms with E-state index in [-0.39, 0.29) is 29.8 Å². The van der Waals surface area contributed by atoms with Crippen LogP contribution in [-0.2, 0) is 9.53 Å². The van der Waals surface area contributed by atoms with Crippen molar-refractivity contribution in [2.45, 2.75) is 12.8 Å². The molecule has 2 rings (SSSR count). The summed E-state index contributed by atoms with van der Waals surface area (Å²) in [6.45, 7) is 1.76. The maximum atomic E-state index is 14.2. The fraction of sp³-hybridized carbons (Fsp3) is 0.562. The Morgan fingerprint density at radius 3 is 2.33 bits per heavy atom. The van der Waals surface area contributed by atoms with E-state index >= 15 is 0 Å². The summed E-state index contributed by atoms with van der Waals surface area (Å²) in [5.74, 6) is -0.184. The average Bonchev–Trinajstić information content (AvgIpc) is 2.57. The number of amides is 1. The molecule has 1 amide bonds. The molecule has 6 nitrogen and oxygen atoms in total. The van der Waals surface area contributed by atoms with E-state index in [1.807, 2.05) is 0 Å². The molecule has 0 unspecified atom stereocenters. The summed E-state index contributed by atoms with van der Waals surface area (Å²) in [6, 6.07) is 2.62. The summed E-state index contributed by atoms with van der Waals surface area (Å²) in [6.07, 6.45) is 1.28. The smallest absolute Gasteiger partial charge is 0.233 e. The molecule has 24 heavy (non-hydrogen) atoms. The molecule has 0 radical (unpaired) electrons. The van der Waals surface area contributed by atoms with Gasteiger partial charge in [-0.1, -0.05) is 0 Å². The normalized spacial score (nSPS) is 16.0. The van der Waals surface area contributed by atoms with Gasteiger partial charge in [-0.25, -0.2) is 4.39 Å². The monoisotopic (exact) mass is 362 g/mol. The minimum Gasteiger partial charge on any atom is -0.493 e. The highest BCUT2D eigenvalue weighted by atomic mass is 35.5. The van der Waals surface area contributed by atoms with Gasteiger partial charge in [-0.2, -0.15) is 0 Å². The first-order valence-electron chi connectivity index (χ1n) is 7.49. The van der Waals surface area contributed by atoms with Crippen LogP contribution in [0.1, 0.15) is 12.8 Å². The van der Waals surface area contributed by atoms with Gasteiger partial charge in [0.25, 0.3) is 0 Å². The number of carbonyl (C=O) groups is 1. The Morgan fingerprint density at radius 2 is 1.79 bits per heavy atom. The number of hydrogen-bond acceptors (Lipinski definition) is 5. The third kappa shape index (κ3) is 4.28. The van der Waals surface area contributed by atoms with Gasteiger partial charge in [-0.3, -0.25) is 4.79 Å². The summed E-state index contributed by atoms with van der Waals surface area (Å²) in [5.41, 5.74) is -0.582. The van der Waals surface area contributed by atoms with Crippen molar-refractivity contribution in [3.8, 4) is 11.5 Å². The number of ether oxygens (including phenoxy) is 3. The van der Waals surface area contributed by atoms with Crippen LogP contribution in [0, 0.1) is 11.2 Å². The quantitative estimate of drug-likeness (QED) is 0.812. The van der Waals surface area contributed by atoms with E-state index in [2.05, 4.69) is 10.6 Å². The molecule has 2 N–H and O–H groups in total. The van der Waals surface area contributed by atoms with Crippen molar-refractivity contribution in [1.82, 2.24) is 5.32 Å². The first-order valence-corrected chi connectivity index (χ1v) is 7.49. The van der Waals surface area contributed by atoms with Crippen molar-refractivity contribution in [1.29, 1.82) is 0 Å². The van der Waals surface area contributed by atoms with E-state index in [0.717, 1.165) is 13.1 Å². The number of rotatable bonds is 6. The largest absolute Gasteiger partial charge is 0.493 e. The predicted octanol–water partition coefficient (Wildman–Crippen LogP) is 2.22. The van der Waals surface area contributed by atoms with Crippen molar-refractivity contribution >= 4 is 24.0 Å². The van der Waals surface area contributed by atoms with Crippen LogP contribution in [0.25, 0.3) is 0 Å². The number of methoxy groups -OCH3 is 3. The molecule has 136 valence electrons. The molecule has 0 spiro atoms. The van der Waals surface area contributed by atoms with E-state index < -0.39 is 11.2 Å². The fourth-order valence-electron chi connectivity index (χ4n) is 2.82. The molecule has 1 heterocycles. The molecule has 1 fully saturated rings. The molecular formula is C16H24ClFN2O4. The Hall–Kier alpha value is -1.57. The van der Waals surface area contributed by atoms with Crippen LogP contribution in [0.3, 0.4) is 0 Å². The highest BCUT2D eigenvalue weighted by Crippen LogP contribution is 2.35. The SMILES string of the molecule is COCC1(C(=O)Nc2cc(OC)c(OC)cc2F)CCNCC1.Cl. The number of benzene rings is 1. The summed E-state index contributed by atoms with van der Waals surface area (Å²) < 4.78 is 29.6. The molecule has 1 aromatic carbocycles. The maximum Gasteiger partial charge on any atom is 0.233 e. The second-order valence-corrected chi connectivity index (χ2v) is 5.60.